The molecule has 0 aliphatic heterocycles. The van der Waals surface area contributed by atoms with Crippen molar-refractivity contribution < 1.29 is 4.74 Å². The van der Waals surface area contributed by atoms with Crippen LogP contribution in [0.2, 0.25) is 5.02 Å². The van der Waals surface area contributed by atoms with Crippen molar-refractivity contribution in [1.29, 1.82) is 0 Å². The molecule has 0 saturated heterocycles. The van der Waals surface area contributed by atoms with Crippen LogP contribution in [-0.4, -0.2) is 35.1 Å². The Balaban J connectivity index is 1.18. The Morgan fingerprint density at radius 3 is 2.14 bits per heavy atom. The van der Waals surface area contributed by atoms with Crippen molar-refractivity contribution in [2.75, 3.05) is 13.2 Å². The monoisotopic (exact) mass is 498 g/mol. The molecule has 0 atom stereocenters. The first-order valence-electron chi connectivity index (χ1n) is 13.4. The van der Waals surface area contributed by atoms with Crippen molar-refractivity contribution in [3.8, 4) is 28.7 Å². The van der Waals surface area contributed by atoms with E-state index < -0.39 is 0 Å². The van der Waals surface area contributed by atoms with E-state index in [2.05, 4.69) is 40.8 Å². The lowest BCUT2D eigenvalue weighted by molar-refractivity contribution is 0.112. The molecule has 2 saturated carbocycles. The van der Waals surface area contributed by atoms with Crippen molar-refractivity contribution in [3.05, 3.63) is 82.6 Å². The summed E-state index contributed by atoms with van der Waals surface area (Å²) in [6.45, 7) is 3.89. The first kappa shape index (κ1) is 24.9. The number of aromatic nitrogens is 1. The Morgan fingerprint density at radius 2 is 1.53 bits per heavy atom. The van der Waals surface area contributed by atoms with Gasteiger partial charge in [-0.3, -0.25) is 4.90 Å². The van der Waals surface area contributed by atoms with Gasteiger partial charge >= 0.3 is 0 Å². The maximum absolute atomic E-state index is 6.26. The quantitative estimate of drug-likeness (QED) is 0.312. The Bertz CT molecular complexity index is 1180. The normalized spacial score (nSPS) is 16.3. The molecule has 4 heteroatoms. The Hall–Kier alpha value is -2.80. The van der Waals surface area contributed by atoms with E-state index in [0.29, 0.717) is 0 Å². The number of pyridine rings is 1. The molecular weight excluding hydrogens is 464 g/mol. The molecule has 0 spiro atoms. The third kappa shape index (κ3) is 6.30. The maximum Gasteiger partial charge on any atom is 0.122 e. The summed E-state index contributed by atoms with van der Waals surface area (Å²) in [6.07, 6.45) is 12.9. The summed E-state index contributed by atoms with van der Waals surface area (Å²) in [5, 5.41) is 0.732. The number of nitrogens with zero attached hydrogens (tertiary/aromatic N) is 2. The second kappa shape index (κ2) is 12.0. The van der Waals surface area contributed by atoms with Gasteiger partial charge in [0.05, 0.1) is 0 Å². The van der Waals surface area contributed by atoms with Gasteiger partial charge in [-0.25, -0.2) is 4.98 Å². The summed E-state index contributed by atoms with van der Waals surface area (Å²) in [7, 11) is 0. The summed E-state index contributed by atoms with van der Waals surface area (Å²) in [4.78, 5) is 7.30. The lowest BCUT2D eigenvalue weighted by Gasteiger charge is -2.34. The number of aryl methyl sites for hydroxylation is 1. The standard InChI is InChI=1S/C32H35ClN2O/c1-24-22-25(10-17-29-18-14-27(23-34-29)26-12-15-28(33)16-13-26)11-19-32(24)36-21-20-35(30-6-2-3-7-30)31-8-4-5-9-31/h11-16,18-19,22-23,30-31H,2-9,20-21H2,1H3. The molecule has 3 aromatic rings. The fourth-order valence-corrected chi connectivity index (χ4v) is 5.83. The van der Waals surface area contributed by atoms with Crippen LogP contribution in [-0.2, 0) is 0 Å². The number of hydrogen-bond acceptors (Lipinski definition) is 3. The average molecular weight is 499 g/mol. The molecule has 1 aromatic heterocycles. The molecule has 0 bridgehead atoms. The first-order chi connectivity index (χ1) is 17.7. The molecule has 2 aromatic carbocycles. The van der Waals surface area contributed by atoms with Gasteiger partial charge in [-0.2, -0.15) is 0 Å². The van der Waals surface area contributed by atoms with E-state index >= 15 is 0 Å². The van der Waals surface area contributed by atoms with E-state index in [4.69, 9.17) is 16.3 Å². The van der Waals surface area contributed by atoms with Crippen molar-refractivity contribution in [1.82, 2.24) is 9.88 Å². The molecule has 0 radical (unpaired) electrons. The average Bonchev–Trinajstić information content (AvgIpc) is 3.62. The minimum Gasteiger partial charge on any atom is -0.492 e. The molecule has 2 fully saturated rings. The number of hydrogen-bond donors (Lipinski definition) is 0. The molecule has 186 valence electrons. The third-order valence-electron chi connectivity index (χ3n) is 7.65. The Kier molecular flexibility index (Phi) is 8.26. The van der Waals surface area contributed by atoms with E-state index in [9.17, 15) is 0 Å². The van der Waals surface area contributed by atoms with E-state index in [1.807, 2.05) is 48.7 Å². The van der Waals surface area contributed by atoms with Gasteiger partial charge in [0.25, 0.3) is 0 Å². The largest absolute Gasteiger partial charge is 0.492 e. The maximum atomic E-state index is 6.26. The lowest BCUT2D eigenvalue weighted by Crippen LogP contribution is -2.43. The number of benzene rings is 2. The summed E-state index contributed by atoms with van der Waals surface area (Å²) in [5.41, 5.74) is 4.99. The second-order valence-electron chi connectivity index (χ2n) is 10.1. The van der Waals surface area contributed by atoms with Gasteiger partial charge < -0.3 is 4.74 Å². The molecular formula is C32H35ClN2O. The molecule has 0 unspecified atom stereocenters. The summed E-state index contributed by atoms with van der Waals surface area (Å²) in [6, 6.07) is 19.5. The summed E-state index contributed by atoms with van der Waals surface area (Å²) < 4.78 is 6.26. The molecule has 36 heavy (non-hydrogen) atoms. The number of halogens is 1. The number of rotatable bonds is 7. The Labute approximate surface area is 220 Å². The minimum absolute atomic E-state index is 0.732. The fourth-order valence-electron chi connectivity index (χ4n) is 5.70. The van der Waals surface area contributed by atoms with E-state index in [-0.39, 0.29) is 0 Å². The van der Waals surface area contributed by atoms with Crippen LogP contribution in [0.5, 0.6) is 5.75 Å². The highest BCUT2D eigenvalue weighted by molar-refractivity contribution is 6.30. The summed E-state index contributed by atoms with van der Waals surface area (Å²) >= 11 is 5.99. The van der Waals surface area contributed by atoms with Crippen LogP contribution in [0.1, 0.15) is 68.2 Å². The topological polar surface area (TPSA) is 25.4 Å². The zero-order chi connectivity index (χ0) is 24.7. The van der Waals surface area contributed by atoms with E-state index in [1.165, 1.54) is 51.4 Å². The van der Waals surface area contributed by atoms with Gasteiger partial charge in [0.2, 0.25) is 0 Å². The highest BCUT2D eigenvalue weighted by Gasteiger charge is 2.30. The summed E-state index contributed by atoms with van der Waals surface area (Å²) in [5.74, 6) is 7.40. The molecule has 5 rings (SSSR count). The van der Waals surface area contributed by atoms with E-state index in [0.717, 1.165) is 64.0 Å². The van der Waals surface area contributed by atoms with Crippen molar-refractivity contribution in [2.45, 2.75) is 70.4 Å². The van der Waals surface area contributed by atoms with Crippen LogP contribution in [0.25, 0.3) is 11.1 Å². The Morgan fingerprint density at radius 1 is 0.861 bits per heavy atom. The molecule has 0 N–H and O–H groups in total. The SMILES string of the molecule is Cc1cc(C#Cc2ccc(-c3ccc(Cl)cc3)cn2)ccc1OCCN(C1CCCC1)C1CCCC1. The highest BCUT2D eigenvalue weighted by Crippen LogP contribution is 2.31. The van der Waals surface area contributed by atoms with Gasteiger partial charge in [-0.1, -0.05) is 61.4 Å². The molecule has 2 aliphatic carbocycles. The predicted molar refractivity (Wildman–Crippen MR) is 149 cm³/mol. The van der Waals surface area contributed by atoms with Crippen LogP contribution >= 0.6 is 11.6 Å². The van der Waals surface area contributed by atoms with Crippen molar-refractivity contribution in [3.63, 3.8) is 0 Å². The minimum atomic E-state index is 0.732. The lowest BCUT2D eigenvalue weighted by atomic mass is 10.1. The van der Waals surface area contributed by atoms with Gasteiger partial charge in [-0.05, 0) is 86.1 Å². The number of ether oxygens (including phenoxy) is 1. The zero-order valence-corrected chi connectivity index (χ0v) is 21.9. The van der Waals surface area contributed by atoms with Crippen molar-refractivity contribution in [2.24, 2.45) is 0 Å². The van der Waals surface area contributed by atoms with Crippen LogP contribution in [0.15, 0.2) is 60.8 Å². The predicted octanol–water partition coefficient (Wildman–Crippen LogP) is 7.68. The van der Waals surface area contributed by atoms with Crippen LogP contribution < -0.4 is 4.74 Å². The van der Waals surface area contributed by atoms with Gasteiger partial charge in [0.1, 0.15) is 18.1 Å². The third-order valence-corrected chi connectivity index (χ3v) is 7.90. The molecule has 1 heterocycles. The highest BCUT2D eigenvalue weighted by atomic mass is 35.5. The van der Waals surface area contributed by atoms with Crippen LogP contribution in [0.3, 0.4) is 0 Å². The smallest absolute Gasteiger partial charge is 0.122 e. The second-order valence-corrected chi connectivity index (χ2v) is 10.6. The fraction of sp³-hybridized carbons (Fsp3) is 0.406. The van der Waals surface area contributed by atoms with Crippen LogP contribution in [0, 0.1) is 18.8 Å². The molecule has 0 amide bonds. The zero-order valence-electron chi connectivity index (χ0n) is 21.2. The van der Waals surface area contributed by atoms with Gasteiger partial charge in [-0.15, -0.1) is 0 Å². The van der Waals surface area contributed by atoms with Gasteiger partial charge in [0.15, 0.2) is 0 Å². The molecule has 3 nitrogen and oxygen atoms in total. The van der Waals surface area contributed by atoms with Crippen molar-refractivity contribution >= 4 is 11.6 Å². The van der Waals surface area contributed by atoms with Gasteiger partial charge in [0, 0.05) is 41.0 Å². The van der Waals surface area contributed by atoms with E-state index in [1.54, 1.807) is 0 Å². The van der Waals surface area contributed by atoms with Crippen LogP contribution in [0.4, 0.5) is 0 Å². The molecule has 2 aliphatic rings. The first-order valence-corrected chi connectivity index (χ1v) is 13.8.